The quantitative estimate of drug-likeness (QED) is 0.701. The zero-order chi connectivity index (χ0) is 15.6. The van der Waals surface area contributed by atoms with Gasteiger partial charge in [-0.3, -0.25) is 4.79 Å². The van der Waals surface area contributed by atoms with Crippen LogP contribution in [0.1, 0.15) is 17.3 Å². The maximum Gasteiger partial charge on any atom is 0.205 e. The predicted molar refractivity (Wildman–Crippen MR) is 79.9 cm³/mol. The first-order chi connectivity index (χ1) is 9.88. The summed E-state index contributed by atoms with van der Waals surface area (Å²) in [5.74, 6) is -1.94. The number of hydrogen-bond acceptors (Lipinski definition) is 2. The molecule has 2 aromatic carbocycles. The Labute approximate surface area is 133 Å². The van der Waals surface area contributed by atoms with E-state index in [9.17, 15) is 13.6 Å². The Balaban J connectivity index is 2.19. The summed E-state index contributed by atoms with van der Waals surface area (Å²) in [5, 5.41) is 0.323. The monoisotopic (exact) mass is 374 g/mol. The first-order valence-electron chi connectivity index (χ1n) is 5.99. The normalized spacial score (nSPS) is 12.0. The van der Waals surface area contributed by atoms with Crippen molar-refractivity contribution in [2.75, 3.05) is 0 Å². The number of carbonyl (C=O) groups excluding carboxylic acids is 1. The highest BCUT2D eigenvalue weighted by Gasteiger charge is 2.21. The molecule has 0 heterocycles. The maximum atomic E-state index is 13.6. The molecule has 1 unspecified atom stereocenters. The summed E-state index contributed by atoms with van der Waals surface area (Å²) in [7, 11) is 0. The van der Waals surface area contributed by atoms with Crippen LogP contribution in [0.4, 0.5) is 8.78 Å². The largest absolute Gasteiger partial charge is 0.481 e. The zero-order valence-electron chi connectivity index (χ0n) is 10.9. The second-order valence-corrected chi connectivity index (χ2v) is 5.65. The van der Waals surface area contributed by atoms with Crippen LogP contribution < -0.4 is 4.74 Å². The molecule has 0 N–H and O–H groups in total. The average Bonchev–Trinajstić information content (AvgIpc) is 2.41. The maximum absolute atomic E-state index is 13.6. The number of ketones is 1. The Bertz CT molecular complexity index is 691. The van der Waals surface area contributed by atoms with Gasteiger partial charge >= 0.3 is 0 Å². The van der Waals surface area contributed by atoms with Gasteiger partial charge in [0.05, 0.1) is 10.6 Å². The van der Waals surface area contributed by atoms with E-state index in [1.165, 1.54) is 6.92 Å². The highest BCUT2D eigenvalue weighted by molar-refractivity contribution is 9.10. The molecule has 0 aliphatic carbocycles. The van der Waals surface area contributed by atoms with Crippen molar-refractivity contribution >= 4 is 33.3 Å². The van der Waals surface area contributed by atoms with Crippen LogP contribution in [0, 0.1) is 11.6 Å². The van der Waals surface area contributed by atoms with Crippen molar-refractivity contribution in [3.8, 4) is 5.75 Å². The van der Waals surface area contributed by atoms with Crippen molar-refractivity contribution in [3.63, 3.8) is 0 Å². The van der Waals surface area contributed by atoms with Gasteiger partial charge in [0.15, 0.2) is 6.10 Å². The number of Topliss-reactive ketones (excluding diaryl/α,β-unsaturated/α-hetero) is 1. The van der Waals surface area contributed by atoms with Gasteiger partial charge in [-0.25, -0.2) is 8.78 Å². The first-order valence-corrected chi connectivity index (χ1v) is 7.16. The van der Waals surface area contributed by atoms with Crippen LogP contribution in [0.15, 0.2) is 40.9 Å². The molecule has 110 valence electrons. The Morgan fingerprint density at radius 2 is 1.95 bits per heavy atom. The minimum absolute atomic E-state index is 0.225. The smallest absolute Gasteiger partial charge is 0.205 e. The summed E-state index contributed by atoms with van der Waals surface area (Å²) in [6, 6.07) is 7.69. The van der Waals surface area contributed by atoms with Crippen molar-refractivity contribution in [2.45, 2.75) is 13.0 Å². The Hall–Kier alpha value is -1.46. The molecule has 2 nitrogen and oxygen atoms in total. The van der Waals surface area contributed by atoms with E-state index >= 15 is 0 Å². The van der Waals surface area contributed by atoms with Gasteiger partial charge in [-0.1, -0.05) is 27.5 Å². The number of carbonyl (C=O) groups is 1. The van der Waals surface area contributed by atoms with Gasteiger partial charge in [0, 0.05) is 10.5 Å². The molecule has 2 rings (SSSR count). The van der Waals surface area contributed by atoms with Crippen LogP contribution in [0.5, 0.6) is 5.75 Å². The van der Waals surface area contributed by atoms with E-state index in [1.54, 1.807) is 18.2 Å². The standard InChI is InChI=1S/C15H10BrClF2O2/c1-8(21-14-5-2-9(16)6-12(14)17)15(20)11-4-3-10(18)7-13(11)19/h2-8H,1H3. The van der Waals surface area contributed by atoms with Crippen LogP contribution >= 0.6 is 27.5 Å². The lowest BCUT2D eigenvalue weighted by molar-refractivity contribution is 0.0814. The predicted octanol–water partition coefficient (Wildman–Crippen LogP) is 5.03. The van der Waals surface area contributed by atoms with Crippen LogP contribution in [-0.2, 0) is 0 Å². The van der Waals surface area contributed by atoms with E-state index < -0.39 is 23.5 Å². The van der Waals surface area contributed by atoms with Crippen molar-refractivity contribution in [1.29, 1.82) is 0 Å². The number of ether oxygens (including phenoxy) is 1. The van der Waals surface area contributed by atoms with E-state index in [1.807, 2.05) is 0 Å². The molecule has 0 aliphatic rings. The molecule has 0 radical (unpaired) electrons. The number of rotatable bonds is 4. The third-order valence-electron chi connectivity index (χ3n) is 2.76. The highest BCUT2D eigenvalue weighted by atomic mass is 79.9. The van der Waals surface area contributed by atoms with Crippen molar-refractivity contribution in [3.05, 3.63) is 63.1 Å². The van der Waals surface area contributed by atoms with E-state index in [-0.39, 0.29) is 5.56 Å². The molecule has 0 fully saturated rings. The topological polar surface area (TPSA) is 26.3 Å². The van der Waals surface area contributed by atoms with Gasteiger partial charge in [-0.2, -0.15) is 0 Å². The summed E-state index contributed by atoms with van der Waals surface area (Å²) in [5.41, 5.74) is -0.225. The van der Waals surface area contributed by atoms with Crippen molar-refractivity contribution in [1.82, 2.24) is 0 Å². The highest BCUT2D eigenvalue weighted by Crippen LogP contribution is 2.29. The Morgan fingerprint density at radius 3 is 2.57 bits per heavy atom. The number of hydrogen-bond donors (Lipinski definition) is 0. The summed E-state index contributed by atoms with van der Waals surface area (Å²) < 4.78 is 32.6. The zero-order valence-corrected chi connectivity index (χ0v) is 13.2. The van der Waals surface area contributed by atoms with Gasteiger partial charge in [0.25, 0.3) is 0 Å². The minimum atomic E-state index is -0.955. The van der Waals surface area contributed by atoms with Crippen LogP contribution in [-0.4, -0.2) is 11.9 Å². The number of halogens is 4. The molecule has 2 aromatic rings. The van der Waals surface area contributed by atoms with Crippen LogP contribution in [0.25, 0.3) is 0 Å². The lowest BCUT2D eigenvalue weighted by Gasteiger charge is -2.15. The third kappa shape index (κ3) is 3.80. The first kappa shape index (κ1) is 15.9. The summed E-state index contributed by atoms with van der Waals surface area (Å²) in [6.45, 7) is 1.48. The molecule has 0 aliphatic heterocycles. The fraction of sp³-hybridized carbons (Fsp3) is 0.133. The molecule has 0 aromatic heterocycles. The van der Waals surface area contributed by atoms with Crippen molar-refractivity contribution < 1.29 is 18.3 Å². The Kier molecular flexibility index (Phi) is 4.96. The summed E-state index contributed by atoms with van der Waals surface area (Å²) in [6.07, 6.45) is -0.955. The molecular formula is C15H10BrClF2O2. The van der Waals surface area contributed by atoms with Crippen molar-refractivity contribution in [2.24, 2.45) is 0 Å². The summed E-state index contributed by atoms with van der Waals surface area (Å²) >= 11 is 9.24. The molecule has 6 heteroatoms. The van der Waals surface area contributed by atoms with Gasteiger partial charge in [0.1, 0.15) is 17.4 Å². The molecular weight excluding hydrogens is 366 g/mol. The van der Waals surface area contributed by atoms with Gasteiger partial charge < -0.3 is 4.74 Å². The van der Waals surface area contributed by atoms with Gasteiger partial charge in [-0.15, -0.1) is 0 Å². The van der Waals surface area contributed by atoms with Crippen LogP contribution in [0.3, 0.4) is 0 Å². The Morgan fingerprint density at radius 1 is 1.24 bits per heavy atom. The fourth-order valence-corrected chi connectivity index (χ4v) is 2.44. The van der Waals surface area contributed by atoms with Gasteiger partial charge in [-0.05, 0) is 37.3 Å². The van der Waals surface area contributed by atoms with E-state index in [0.717, 1.165) is 16.6 Å². The lowest BCUT2D eigenvalue weighted by Crippen LogP contribution is -2.25. The second kappa shape index (κ2) is 6.54. The van der Waals surface area contributed by atoms with Crippen LogP contribution in [0.2, 0.25) is 5.02 Å². The molecule has 1 atom stereocenters. The second-order valence-electron chi connectivity index (χ2n) is 4.32. The molecule has 0 saturated carbocycles. The fourth-order valence-electron chi connectivity index (χ4n) is 1.72. The molecule has 0 saturated heterocycles. The average molecular weight is 376 g/mol. The molecule has 0 bridgehead atoms. The molecule has 21 heavy (non-hydrogen) atoms. The minimum Gasteiger partial charge on any atom is -0.481 e. The van der Waals surface area contributed by atoms with E-state index in [2.05, 4.69) is 15.9 Å². The summed E-state index contributed by atoms with van der Waals surface area (Å²) in [4.78, 5) is 12.1. The SMILES string of the molecule is CC(Oc1ccc(Br)cc1Cl)C(=O)c1ccc(F)cc1F. The van der Waals surface area contributed by atoms with E-state index in [4.69, 9.17) is 16.3 Å². The van der Waals surface area contributed by atoms with E-state index in [0.29, 0.717) is 16.8 Å². The third-order valence-corrected chi connectivity index (χ3v) is 3.55. The molecule has 0 amide bonds. The lowest BCUT2D eigenvalue weighted by atomic mass is 10.1. The van der Waals surface area contributed by atoms with Gasteiger partial charge in [0.2, 0.25) is 5.78 Å². The number of benzene rings is 2. The molecule has 0 spiro atoms.